The van der Waals surface area contributed by atoms with Crippen molar-refractivity contribution < 1.29 is 19.4 Å². The van der Waals surface area contributed by atoms with Crippen molar-refractivity contribution in [2.24, 2.45) is 0 Å². The molecule has 2 heterocycles. The summed E-state index contributed by atoms with van der Waals surface area (Å²) in [5.41, 5.74) is 0.0272. The number of aromatic nitrogens is 2. The maximum Gasteiger partial charge on any atom is 0.356 e. The Kier molecular flexibility index (Phi) is 2.86. The van der Waals surface area contributed by atoms with Gasteiger partial charge in [0, 0.05) is 6.61 Å². The molecule has 0 unspecified atom stereocenters. The van der Waals surface area contributed by atoms with E-state index in [2.05, 4.69) is 15.5 Å². The fourth-order valence-corrected chi connectivity index (χ4v) is 1.54. The van der Waals surface area contributed by atoms with E-state index in [0.29, 0.717) is 13.0 Å². The topological polar surface area (TPSA) is 104 Å². The van der Waals surface area contributed by atoms with Crippen LogP contribution in [0.1, 0.15) is 23.3 Å². The van der Waals surface area contributed by atoms with Gasteiger partial charge in [0.05, 0.1) is 11.9 Å². The third kappa shape index (κ3) is 2.03. The molecule has 1 aliphatic rings. The number of carbonyl (C=O) groups is 2. The molecule has 2 rings (SSSR count). The van der Waals surface area contributed by atoms with Crippen LogP contribution in [0.3, 0.4) is 0 Å². The maximum absolute atomic E-state index is 11.6. The number of carbonyl (C=O) groups excluding carboxylic acids is 1. The largest absolute Gasteiger partial charge is 0.476 e. The summed E-state index contributed by atoms with van der Waals surface area (Å²) in [6, 6.07) is 0. The van der Waals surface area contributed by atoms with Crippen LogP contribution in [0.25, 0.3) is 0 Å². The van der Waals surface area contributed by atoms with Gasteiger partial charge in [0.1, 0.15) is 6.10 Å². The van der Waals surface area contributed by atoms with Crippen LogP contribution in [-0.4, -0.2) is 39.9 Å². The third-order valence-electron chi connectivity index (χ3n) is 2.33. The van der Waals surface area contributed by atoms with E-state index in [0.717, 1.165) is 6.42 Å². The Hall–Kier alpha value is -1.89. The highest BCUT2D eigenvalue weighted by Crippen LogP contribution is 2.16. The molecule has 86 valence electrons. The van der Waals surface area contributed by atoms with Crippen LogP contribution < -0.4 is 5.32 Å². The van der Waals surface area contributed by atoms with E-state index >= 15 is 0 Å². The molecular formula is C9H11N3O4. The van der Waals surface area contributed by atoms with E-state index in [4.69, 9.17) is 9.84 Å². The summed E-state index contributed by atoms with van der Waals surface area (Å²) in [4.78, 5) is 22.3. The first-order valence-electron chi connectivity index (χ1n) is 4.87. The lowest BCUT2D eigenvalue weighted by molar-refractivity contribution is -0.124. The zero-order valence-corrected chi connectivity index (χ0v) is 8.40. The minimum absolute atomic E-state index is 0.133. The predicted molar refractivity (Wildman–Crippen MR) is 53.2 cm³/mol. The summed E-state index contributed by atoms with van der Waals surface area (Å²) in [6.07, 6.45) is 2.27. The zero-order chi connectivity index (χ0) is 11.5. The first-order valence-corrected chi connectivity index (χ1v) is 4.87. The highest BCUT2D eigenvalue weighted by molar-refractivity contribution is 6.00. The maximum atomic E-state index is 11.6. The number of anilines is 1. The monoisotopic (exact) mass is 225 g/mol. The molecule has 0 radical (unpaired) electrons. The number of hydrogen-bond acceptors (Lipinski definition) is 4. The van der Waals surface area contributed by atoms with Crippen LogP contribution in [0.4, 0.5) is 5.69 Å². The number of H-pyrrole nitrogens is 1. The number of hydrogen-bond donors (Lipinski definition) is 3. The summed E-state index contributed by atoms with van der Waals surface area (Å²) in [5.74, 6) is -1.50. The third-order valence-corrected chi connectivity index (χ3v) is 2.33. The normalized spacial score (nSPS) is 19.6. The summed E-state index contributed by atoms with van der Waals surface area (Å²) in [5, 5.41) is 17.1. The minimum atomic E-state index is -1.17. The van der Waals surface area contributed by atoms with Crippen molar-refractivity contribution in [3.63, 3.8) is 0 Å². The lowest BCUT2D eigenvalue weighted by Crippen LogP contribution is -2.27. The Balaban J connectivity index is 2.05. The van der Waals surface area contributed by atoms with Crippen molar-refractivity contribution in [1.29, 1.82) is 0 Å². The van der Waals surface area contributed by atoms with Crippen LogP contribution in [0, 0.1) is 0 Å². The smallest absolute Gasteiger partial charge is 0.356 e. The van der Waals surface area contributed by atoms with E-state index in [1.807, 2.05) is 0 Å². The first-order chi connectivity index (χ1) is 7.68. The molecule has 0 aliphatic carbocycles. The number of ether oxygens (including phenoxy) is 1. The molecular weight excluding hydrogens is 214 g/mol. The SMILES string of the molecule is O=C(O)c1[nH]ncc1NC(=O)[C@@H]1CCCO1. The van der Waals surface area contributed by atoms with E-state index < -0.39 is 12.1 Å². The Bertz CT molecular complexity index is 409. The lowest BCUT2D eigenvalue weighted by atomic mass is 10.2. The van der Waals surface area contributed by atoms with Gasteiger partial charge < -0.3 is 15.2 Å². The summed E-state index contributed by atoms with van der Waals surface area (Å²) in [7, 11) is 0. The highest BCUT2D eigenvalue weighted by atomic mass is 16.5. The molecule has 7 nitrogen and oxygen atoms in total. The molecule has 7 heteroatoms. The van der Waals surface area contributed by atoms with E-state index in [1.54, 1.807) is 0 Å². The van der Waals surface area contributed by atoms with E-state index in [-0.39, 0.29) is 17.3 Å². The van der Waals surface area contributed by atoms with Gasteiger partial charge in [-0.25, -0.2) is 4.79 Å². The Morgan fingerprint density at radius 3 is 3.06 bits per heavy atom. The minimum Gasteiger partial charge on any atom is -0.476 e. The number of amides is 1. The van der Waals surface area contributed by atoms with E-state index in [1.165, 1.54) is 6.20 Å². The van der Waals surface area contributed by atoms with Crippen LogP contribution in [0.2, 0.25) is 0 Å². The second kappa shape index (κ2) is 4.31. The van der Waals surface area contributed by atoms with Crippen LogP contribution in [0.15, 0.2) is 6.20 Å². The van der Waals surface area contributed by atoms with Gasteiger partial charge in [0.25, 0.3) is 5.91 Å². The van der Waals surface area contributed by atoms with Gasteiger partial charge in [-0.05, 0) is 12.8 Å². The van der Waals surface area contributed by atoms with Gasteiger partial charge in [0.2, 0.25) is 0 Å². The second-order valence-corrected chi connectivity index (χ2v) is 3.45. The second-order valence-electron chi connectivity index (χ2n) is 3.45. The summed E-state index contributed by atoms with van der Waals surface area (Å²) < 4.78 is 5.17. The molecule has 0 aromatic carbocycles. The summed E-state index contributed by atoms with van der Waals surface area (Å²) in [6.45, 7) is 0.565. The van der Waals surface area contributed by atoms with Crippen molar-refractivity contribution >= 4 is 17.6 Å². The molecule has 1 amide bonds. The number of carboxylic acids is 1. The number of nitrogens with zero attached hydrogens (tertiary/aromatic N) is 1. The molecule has 1 aromatic heterocycles. The highest BCUT2D eigenvalue weighted by Gasteiger charge is 2.25. The Morgan fingerprint density at radius 1 is 1.62 bits per heavy atom. The molecule has 1 aliphatic heterocycles. The number of aromatic carboxylic acids is 1. The number of rotatable bonds is 3. The van der Waals surface area contributed by atoms with Crippen molar-refractivity contribution in [1.82, 2.24) is 10.2 Å². The van der Waals surface area contributed by atoms with Crippen LogP contribution in [-0.2, 0) is 9.53 Å². The van der Waals surface area contributed by atoms with Crippen LogP contribution in [0.5, 0.6) is 0 Å². The van der Waals surface area contributed by atoms with Crippen molar-refractivity contribution in [2.45, 2.75) is 18.9 Å². The molecule has 1 saturated heterocycles. The zero-order valence-electron chi connectivity index (χ0n) is 8.40. The van der Waals surface area contributed by atoms with Crippen LogP contribution >= 0.6 is 0 Å². The standard InChI is InChI=1S/C9H11N3O4/c13-8(6-2-1-3-16-6)11-5-4-10-12-7(5)9(14)15/h4,6H,1-3H2,(H,10,12)(H,11,13)(H,14,15)/t6-/m0/s1. The summed E-state index contributed by atoms with van der Waals surface area (Å²) >= 11 is 0. The fraction of sp³-hybridized carbons (Fsp3) is 0.444. The van der Waals surface area contributed by atoms with E-state index in [9.17, 15) is 9.59 Å². The molecule has 1 fully saturated rings. The van der Waals surface area contributed by atoms with Gasteiger partial charge in [-0.3, -0.25) is 9.89 Å². The van der Waals surface area contributed by atoms with Crippen molar-refractivity contribution in [3.05, 3.63) is 11.9 Å². The number of carboxylic acid groups (broad SMARTS) is 1. The fourth-order valence-electron chi connectivity index (χ4n) is 1.54. The van der Waals surface area contributed by atoms with Gasteiger partial charge in [0.15, 0.2) is 5.69 Å². The van der Waals surface area contributed by atoms with Gasteiger partial charge in [-0.2, -0.15) is 5.10 Å². The van der Waals surface area contributed by atoms with Gasteiger partial charge in [-0.15, -0.1) is 0 Å². The predicted octanol–water partition coefficient (Wildman–Crippen LogP) is 0.225. The van der Waals surface area contributed by atoms with Gasteiger partial charge in [-0.1, -0.05) is 0 Å². The average Bonchev–Trinajstić information content (AvgIpc) is 2.86. The quantitative estimate of drug-likeness (QED) is 0.682. The Labute approximate surface area is 90.8 Å². The van der Waals surface area contributed by atoms with Crippen molar-refractivity contribution in [2.75, 3.05) is 11.9 Å². The molecule has 0 saturated carbocycles. The molecule has 16 heavy (non-hydrogen) atoms. The Morgan fingerprint density at radius 2 is 2.44 bits per heavy atom. The lowest BCUT2D eigenvalue weighted by Gasteiger charge is -2.09. The van der Waals surface area contributed by atoms with Crippen molar-refractivity contribution in [3.8, 4) is 0 Å². The molecule has 1 atom stereocenters. The number of nitrogens with one attached hydrogen (secondary N) is 2. The number of aromatic amines is 1. The average molecular weight is 225 g/mol. The van der Waals surface area contributed by atoms with Gasteiger partial charge >= 0.3 is 5.97 Å². The molecule has 0 bridgehead atoms. The molecule has 0 spiro atoms. The molecule has 1 aromatic rings. The first kappa shape index (κ1) is 10.6. The molecule has 3 N–H and O–H groups in total.